The molecule has 1 fully saturated rings. The highest BCUT2D eigenvalue weighted by atomic mass is 79.9. The van der Waals surface area contributed by atoms with Crippen LogP contribution in [0.1, 0.15) is 41.4 Å². The molecule has 162 valence electrons. The third-order valence-electron chi connectivity index (χ3n) is 6.44. The molecule has 0 radical (unpaired) electrons. The van der Waals surface area contributed by atoms with Crippen LogP contribution >= 0.6 is 27.3 Å². The number of nitrogens with zero attached hydrogens (tertiary/aromatic N) is 2. The van der Waals surface area contributed by atoms with Gasteiger partial charge in [-0.1, -0.05) is 28.1 Å². The Morgan fingerprint density at radius 2 is 1.94 bits per heavy atom. The number of carbonyl (C=O) groups is 2. The Hall–Kier alpha value is -2.19. The molecule has 3 heterocycles. The van der Waals surface area contributed by atoms with Gasteiger partial charge in [0.05, 0.1) is 30.3 Å². The maximum Gasteiger partial charge on any atom is 0.296 e. The summed E-state index contributed by atoms with van der Waals surface area (Å²) in [6, 6.07) is 6.95. The number of carbonyl (C=O) groups excluding carboxylic acids is 2. The molecule has 1 aromatic heterocycles. The number of alkyl halides is 1. The fraction of sp³-hybridized carbons (Fsp3) is 0.435. The highest BCUT2D eigenvalue weighted by Crippen LogP contribution is 2.49. The summed E-state index contributed by atoms with van der Waals surface area (Å²) in [6.07, 6.45) is 2.18. The average Bonchev–Trinajstić information content (AvgIpc) is 3.25. The zero-order valence-corrected chi connectivity index (χ0v) is 20.0. The normalized spacial score (nSPS) is 27.8. The molecule has 4 unspecified atom stereocenters. The smallest absolute Gasteiger partial charge is 0.296 e. The van der Waals surface area contributed by atoms with E-state index in [1.165, 1.54) is 11.3 Å². The van der Waals surface area contributed by atoms with E-state index < -0.39 is 6.04 Å². The lowest BCUT2D eigenvalue weighted by Gasteiger charge is -2.37. The number of ether oxygens (including phenoxy) is 2. The van der Waals surface area contributed by atoms with Crippen LogP contribution in [0.25, 0.3) is 0 Å². The maximum absolute atomic E-state index is 13.7. The highest BCUT2D eigenvalue weighted by Gasteiger charge is 2.53. The molecule has 31 heavy (non-hydrogen) atoms. The summed E-state index contributed by atoms with van der Waals surface area (Å²) in [4.78, 5) is 34.9. The average molecular weight is 503 g/mol. The molecule has 0 bridgehead atoms. The van der Waals surface area contributed by atoms with E-state index in [0.29, 0.717) is 15.5 Å². The van der Waals surface area contributed by atoms with Crippen molar-refractivity contribution in [2.75, 3.05) is 12.0 Å². The first-order valence-electron chi connectivity index (χ1n) is 10.4. The summed E-state index contributed by atoms with van der Waals surface area (Å²) in [6.45, 7) is 3.91. The number of halogens is 1. The molecule has 4 atom stereocenters. The molecule has 1 aromatic carbocycles. The van der Waals surface area contributed by atoms with Crippen molar-refractivity contribution in [1.29, 1.82) is 0 Å². The van der Waals surface area contributed by atoms with E-state index in [1.54, 1.807) is 12.0 Å². The summed E-state index contributed by atoms with van der Waals surface area (Å²) in [5.41, 5.74) is 2.18. The van der Waals surface area contributed by atoms with Gasteiger partial charge in [0.2, 0.25) is 0 Å². The molecule has 2 aromatic rings. The zero-order chi connectivity index (χ0) is 21.9. The fourth-order valence-electron chi connectivity index (χ4n) is 4.67. The van der Waals surface area contributed by atoms with Crippen LogP contribution in [0.15, 0.2) is 35.6 Å². The molecule has 1 saturated carbocycles. The van der Waals surface area contributed by atoms with Crippen molar-refractivity contribution in [1.82, 2.24) is 4.98 Å². The Balaban J connectivity index is 1.64. The number of aryl methyl sites for hydroxylation is 2. The fourth-order valence-corrected chi connectivity index (χ4v) is 6.28. The van der Waals surface area contributed by atoms with Gasteiger partial charge in [-0.25, -0.2) is 4.98 Å². The topological polar surface area (TPSA) is 68.7 Å². The summed E-state index contributed by atoms with van der Waals surface area (Å²) >= 11 is 5.14. The Kier molecular flexibility index (Phi) is 5.17. The van der Waals surface area contributed by atoms with Crippen LogP contribution in [0.2, 0.25) is 0 Å². The van der Waals surface area contributed by atoms with Crippen LogP contribution in [0, 0.1) is 19.8 Å². The molecular weight excluding hydrogens is 480 g/mol. The Morgan fingerprint density at radius 1 is 1.19 bits per heavy atom. The first kappa shape index (κ1) is 20.7. The molecule has 8 heteroatoms. The maximum atomic E-state index is 13.7. The van der Waals surface area contributed by atoms with Crippen LogP contribution in [0.3, 0.4) is 0 Å². The van der Waals surface area contributed by atoms with E-state index in [2.05, 4.69) is 20.9 Å². The Labute approximate surface area is 193 Å². The number of anilines is 1. The van der Waals surface area contributed by atoms with E-state index >= 15 is 0 Å². The van der Waals surface area contributed by atoms with Crippen molar-refractivity contribution >= 4 is 44.1 Å². The molecule has 0 N–H and O–H groups in total. The number of hydrogen-bond acceptors (Lipinski definition) is 6. The third kappa shape index (κ3) is 3.31. The molecular formula is C23H23BrN2O4S. The van der Waals surface area contributed by atoms with Crippen LogP contribution in [-0.4, -0.2) is 34.7 Å². The summed E-state index contributed by atoms with van der Waals surface area (Å²) in [7, 11) is 1.61. The second-order valence-electron chi connectivity index (χ2n) is 8.27. The predicted molar refractivity (Wildman–Crippen MR) is 122 cm³/mol. The van der Waals surface area contributed by atoms with E-state index in [4.69, 9.17) is 9.47 Å². The van der Waals surface area contributed by atoms with Crippen molar-refractivity contribution in [3.63, 3.8) is 0 Å². The van der Waals surface area contributed by atoms with Gasteiger partial charge in [-0.05, 0) is 50.8 Å². The van der Waals surface area contributed by atoms with Gasteiger partial charge >= 0.3 is 0 Å². The molecule has 0 saturated heterocycles. The Bertz CT molecular complexity index is 1070. The number of thiazole rings is 1. The number of ketones is 1. The van der Waals surface area contributed by atoms with Crippen molar-refractivity contribution in [3.8, 4) is 5.75 Å². The van der Waals surface area contributed by atoms with E-state index in [1.807, 2.05) is 38.1 Å². The number of rotatable bonds is 3. The summed E-state index contributed by atoms with van der Waals surface area (Å²) < 4.78 is 11.5. The number of amides is 1. The molecule has 5 rings (SSSR count). The molecule has 1 amide bonds. The number of methoxy groups -OCH3 is 1. The minimum Gasteiger partial charge on any atom is -0.497 e. The number of hydrogen-bond donors (Lipinski definition) is 0. The van der Waals surface area contributed by atoms with Crippen LogP contribution < -0.4 is 9.64 Å². The third-order valence-corrected chi connectivity index (χ3v) is 8.34. The Morgan fingerprint density at radius 3 is 2.58 bits per heavy atom. The van der Waals surface area contributed by atoms with Gasteiger partial charge in [-0.15, -0.1) is 11.3 Å². The number of Topliss-reactive ketones (excluding diaryl/α,β-unsaturated/α-hetero) is 1. The quantitative estimate of drug-likeness (QED) is 0.571. The minimum atomic E-state index is -0.553. The van der Waals surface area contributed by atoms with Crippen molar-refractivity contribution in [2.45, 2.75) is 50.1 Å². The van der Waals surface area contributed by atoms with E-state index in [-0.39, 0.29) is 29.5 Å². The van der Waals surface area contributed by atoms with Gasteiger partial charge in [0.1, 0.15) is 11.9 Å². The molecule has 1 aliphatic carbocycles. The second kappa shape index (κ2) is 7.74. The minimum absolute atomic E-state index is 0.0251. The molecule has 2 aliphatic heterocycles. The molecule has 3 aliphatic rings. The van der Waals surface area contributed by atoms with Gasteiger partial charge in [0.25, 0.3) is 5.91 Å². The first-order valence-corrected chi connectivity index (χ1v) is 12.1. The highest BCUT2D eigenvalue weighted by molar-refractivity contribution is 9.09. The first-order chi connectivity index (χ1) is 14.9. The lowest BCUT2D eigenvalue weighted by molar-refractivity contribution is -0.131. The van der Waals surface area contributed by atoms with Gasteiger partial charge in [-0.2, -0.15) is 0 Å². The van der Waals surface area contributed by atoms with Crippen molar-refractivity contribution < 1.29 is 19.1 Å². The monoisotopic (exact) mass is 502 g/mol. The van der Waals surface area contributed by atoms with Gasteiger partial charge < -0.3 is 9.47 Å². The standard InChI is InChI=1S/C23H23BrN2O4S/c1-11-12(2)31-23(25-11)26-19(13-4-7-15(29-3)8-5-13)18-20(27)16-10-14(24)6-9-17(16)30-21(18)22(26)28/h4-5,7-8,14,16-17,19H,6,9-10H2,1-3H3. The number of benzene rings is 1. The second-order valence-corrected chi connectivity index (χ2v) is 10.7. The van der Waals surface area contributed by atoms with Crippen LogP contribution in [-0.2, 0) is 14.3 Å². The molecule has 6 nitrogen and oxygen atoms in total. The van der Waals surface area contributed by atoms with Crippen LogP contribution in [0.5, 0.6) is 5.75 Å². The SMILES string of the molecule is COc1ccc(C2C3=C(OC4CCC(Br)CC4C3=O)C(=O)N2c2nc(C)c(C)s2)cc1. The lowest BCUT2D eigenvalue weighted by Crippen LogP contribution is -2.41. The number of fused-ring (bicyclic) bond motifs is 1. The number of aromatic nitrogens is 1. The van der Waals surface area contributed by atoms with Crippen molar-refractivity contribution in [2.24, 2.45) is 5.92 Å². The van der Waals surface area contributed by atoms with Gasteiger partial charge in [0.15, 0.2) is 16.7 Å². The zero-order valence-electron chi connectivity index (χ0n) is 17.6. The van der Waals surface area contributed by atoms with E-state index in [9.17, 15) is 9.59 Å². The summed E-state index contributed by atoms with van der Waals surface area (Å²) in [5.74, 6) is 0.431. The van der Waals surface area contributed by atoms with E-state index in [0.717, 1.165) is 41.1 Å². The van der Waals surface area contributed by atoms with Crippen molar-refractivity contribution in [3.05, 3.63) is 51.7 Å². The molecule has 0 spiro atoms. The van der Waals surface area contributed by atoms with Gasteiger partial charge in [0, 0.05) is 9.70 Å². The largest absolute Gasteiger partial charge is 0.497 e. The summed E-state index contributed by atoms with van der Waals surface area (Å²) in [5, 5.41) is 0.591. The lowest BCUT2D eigenvalue weighted by atomic mass is 9.77. The predicted octanol–water partition coefficient (Wildman–Crippen LogP) is 4.64. The van der Waals surface area contributed by atoms with Gasteiger partial charge in [-0.3, -0.25) is 14.5 Å². The van der Waals surface area contributed by atoms with Crippen LogP contribution in [0.4, 0.5) is 5.13 Å².